The average molecular weight is 394 g/mol. The van der Waals surface area contributed by atoms with E-state index in [4.69, 9.17) is 9.47 Å². The maximum absolute atomic E-state index is 14.4. The van der Waals surface area contributed by atoms with Gasteiger partial charge < -0.3 is 9.47 Å². The lowest BCUT2D eigenvalue weighted by Gasteiger charge is -2.07. The minimum absolute atomic E-state index is 0.0126. The second-order valence-electron chi connectivity index (χ2n) is 5.84. The van der Waals surface area contributed by atoms with E-state index < -0.39 is 11.7 Å². The first-order valence-electron chi connectivity index (χ1n) is 8.83. The largest absolute Gasteiger partial charge is 0.497 e. The number of hydrazone groups is 1. The summed E-state index contributed by atoms with van der Waals surface area (Å²) >= 11 is 0. The Kier molecular flexibility index (Phi) is 6.47. The Hall–Kier alpha value is -3.81. The number of hydrogen-bond acceptors (Lipinski definition) is 6. The van der Waals surface area contributed by atoms with Gasteiger partial charge in [0.25, 0.3) is 5.91 Å². The molecule has 3 aromatic rings. The van der Waals surface area contributed by atoms with Crippen LogP contribution in [-0.2, 0) is 0 Å². The van der Waals surface area contributed by atoms with Crippen molar-refractivity contribution < 1.29 is 18.7 Å². The van der Waals surface area contributed by atoms with Gasteiger partial charge >= 0.3 is 0 Å². The van der Waals surface area contributed by atoms with Crippen LogP contribution in [0.4, 0.5) is 4.39 Å². The van der Waals surface area contributed by atoms with E-state index in [9.17, 15) is 9.18 Å². The van der Waals surface area contributed by atoms with Crippen LogP contribution < -0.4 is 14.9 Å². The zero-order valence-corrected chi connectivity index (χ0v) is 15.9. The predicted octanol–water partition coefficient (Wildman–Crippen LogP) is 3.45. The van der Waals surface area contributed by atoms with Gasteiger partial charge in [-0.25, -0.2) is 14.8 Å². The summed E-state index contributed by atoms with van der Waals surface area (Å²) in [6, 6.07) is 11.6. The molecular formula is C21H19FN4O3. The van der Waals surface area contributed by atoms with Crippen molar-refractivity contribution in [3.05, 3.63) is 71.9 Å². The van der Waals surface area contributed by atoms with Crippen LogP contribution in [0.1, 0.15) is 23.0 Å². The maximum atomic E-state index is 14.4. The monoisotopic (exact) mass is 394 g/mol. The Bertz CT molecular complexity index is 1040. The molecule has 2 aromatic carbocycles. The van der Waals surface area contributed by atoms with Crippen molar-refractivity contribution in [2.45, 2.75) is 6.92 Å². The molecule has 0 aliphatic carbocycles. The van der Waals surface area contributed by atoms with E-state index in [2.05, 4.69) is 20.5 Å². The number of carbonyl (C=O) groups excluding carboxylic acids is 1. The van der Waals surface area contributed by atoms with Gasteiger partial charge in [0.1, 0.15) is 23.0 Å². The van der Waals surface area contributed by atoms with Gasteiger partial charge in [-0.1, -0.05) is 12.1 Å². The smallest absolute Gasteiger partial charge is 0.291 e. The molecule has 1 heterocycles. The first-order valence-corrected chi connectivity index (χ1v) is 8.83. The van der Waals surface area contributed by atoms with Crippen molar-refractivity contribution in [2.24, 2.45) is 5.10 Å². The van der Waals surface area contributed by atoms with Gasteiger partial charge in [0.15, 0.2) is 0 Å². The minimum atomic E-state index is -0.565. The Labute approximate surface area is 167 Å². The van der Waals surface area contributed by atoms with Crippen LogP contribution in [0.5, 0.6) is 11.5 Å². The zero-order valence-electron chi connectivity index (χ0n) is 15.9. The number of nitrogens with zero attached hydrogens (tertiary/aromatic N) is 3. The van der Waals surface area contributed by atoms with Crippen molar-refractivity contribution in [1.82, 2.24) is 15.4 Å². The van der Waals surface area contributed by atoms with Gasteiger partial charge in [0, 0.05) is 11.6 Å². The van der Waals surface area contributed by atoms with Crippen molar-refractivity contribution in [3.63, 3.8) is 0 Å². The quantitative estimate of drug-likeness (QED) is 0.490. The molecule has 3 rings (SSSR count). The van der Waals surface area contributed by atoms with E-state index >= 15 is 0 Å². The number of methoxy groups -OCH3 is 1. The lowest BCUT2D eigenvalue weighted by Crippen LogP contribution is -2.19. The third-order valence-electron chi connectivity index (χ3n) is 3.87. The first kappa shape index (κ1) is 19.9. The molecule has 1 amide bonds. The molecule has 1 N–H and O–H groups in total. The Morgan fingerprint density at radius 3 is 2.83 bits per heavy atom. The van der Waals surface area contributed by atoms with Gasteiger partial charge in [-0.05, 0) is 36.8 Å². The fourth-order valence-corrected chi connectivity index (χ4v) is 2.51. The fraction of sp³-hybridized carbons (Fsp3) is 0.143. The van der Waals surface area contributed by atoms with Crippen LogP contribution in [0.2, 0.25) is 0 Å². The molecule has 0 aliphatic heterocycles. The van der Waals surface area contributed by atoms with E-state index in [1.807, 2.05) is 19.1 Å². The second kappa shape index (κ2) is 9.41. The lowest BCUT2D eigenvalue weighted by atomic mass is 10.1. The molecule has 8 heteroatoms. The summed E-state index contributed by atoms with van der Waals surface area (Å²) in [7, 11) is 1.57. The minimum Gasteiger partial charge on any atom is -0.497 e. The molecule has 0 fully saturated rings. The van der Waals surface area contributed by atoms with Crippen molar-refractivity contribution in [2.75, 3.05) is 13.7 Å². The van der Waals surface area contributed by atoms with E-state index in [0.29, 0.717) is 18.1 Å². The van der Waals surface area contributed by atoms with E-state index in [0.717, 1.165) is 5.56 Å². The molecule has 1 aromatic heterocycles. The van der Waals surface area contributed by atoms with Crippen LogP contribution in [0.25, 0.3) is 11.3 Å². The number of rotatable bonds is 7. The molecular weight excluding hydrogens is 375 g/mol. The number of amides is 1. The Balaban J connectivity index is 1.73. The van der Waals surface area contributed by atoms with Crippen LogP contribution >= 0.6 is 0 Å². The van der Waals surface area contributed by atoms with E-state index in [1.165, 1.54) is 30.7 Å². The van der Waals surface area contributed by atoms with Gasteiger partial charge in [0.2, 0.25) is 0 Å². The topological polar surface area (TPSA) is 85.7 Å². The molecule has 0 aliphatic rings. The van der Waals surface area contributed by atoms with Gasteiger partial charge in [0.05, 0.1) is 38.0 Å². The fourth-order valence-electron chi connectivity index (χ4n) is 2.51. The number of aromatic nitrogens is 2. The third kappa shape index (κ3) is 5.13. The molecule has 0 radical (unpaired) electrons. The van der Waals surface area contributed by atoms with Crippen LogP contribution in [0.3, 0.4) is 0 Å². The number of nitrogens with one attached hydrogen (secondary N) is 1. The third-order valence-corrected chi connectivity index (χ3v) is 3.87. The zero-order chi connectivity index (χ0) is 20.6. The number of halogens is 1. The van der Waals surface area contributed by atoms with Crippen LogP contribution in [-0.4, -0.2) is 35.8 Å². The normalized spacial score (nSPS) is 10.7. The van der Waals surface area contributed by atoms with Crippen LogP contribution in [0.15, 0.2) is 60.0 Å². The average Bonchev–Trinajstić information content (AvgIpc) is 2.74. The SMILES string of the molecule is CCOc1ccc(-c2cncc(C(=O)NN=Cc3cccc(OC)c3)n2)c(F)c1. The van der Waals surface area contributed by atoms with Gasteiger partial charge in [-0.3, -0.25) is 9.78 Å². The predicted molar refractivity (Wildman–Crippen MR) is 107 cm³/mol. The Morgan fingerprint density at radius 2 is 2.07 bits per heavy atom. The van der Waals surface area contributed by atoms with Crippen molar-refractivity contribution >= 4 is 12.1 Å². The standard InChI is InChI=1S/C21H19FN4O3/c1-3-29-16-7-8-17(18(22)10-16)19-12-23-13-20(25-19)21(27)26-24-11-14-5-4-6-15(9-14)28-2/h4-13H,3H2,1-2H3,(H,26,27). The molecule has 0 atom stereocenters. The number of carbonyl (C=O) groups is 1. The number of hydrogen-bond donors (Lipinski definition) is 1. The Morgan fingerprint density at radius 1 is 1.21 bits per heavy atom. The van der Waals surface area contributed by atoms with Crippen molar-refractivity contribution in [1.29, 1.82) is 0 Å². The highest BCUT2D eigenvalue weighted by Gasteiger charge is 2.12. The highest BCUT2D eigenvalue weighted by molar-refractivity contribution is 5.93. The molecule has 148 valence electrons. The van der Waals surface area contributed by atoms with Gasteiger partial charge in [-0.15, -0.1) is 0 Å². The van der Waals surface area contributed by atoms with E-state index in [-0.39, 0.29) is 17.0 Å². The number of benzene rings is 2. The molecule has 0 bridgehead atoms. The molecule has 0 saturated carbocycles. The molecule has 0 spiro atoms. The summed E-state index contributed by atoms with van der Waals surface area (Å²) in [5.41, 5.74) is 3.59. The highest BCUT2D eigenvalue weighted by atomic mass is 19.1. The lowest BCUT2D eigenvalue weighted by molar-refractivity contribution is 0.0950. The molecule has 0 saturated heterocycles. The highest BCUT2D eigenvalue weighted by Crippen LogP contribution is 2.24. The molecule has 29 heavy (non-hydrogen) atoms. The second-order valence-corrected chi connectivity index (χ2v) is 5.84. The summed E-state index contributed by atoms with van der Waals surface area (Å²) in [4.78, 5) is 20.5. The van der Waals surface area contributed by atoms with E-state index in [1.54, 1.807) is 25.3 Å². The van der Waals surface area contributed by atoms with Crippen LogP contribution in [0, 0.1) is 5.82 Å². The maximum Gasteiger partial charge on any atom is 0.291 e. The summed E-state index contributed by atoms with van der Waals surface area (Å²) < 4.78 is 24.8. The summed E-state index contributed by atoms with van der Waals surface area (Å²) in [5.74, 6) is 0.0161. The van der Waals surface area contributed by atoms with Crippen molar-refractivity contribution in [3.8, 4) is 22.8 Å². The molecule has 0 unspecified atom stereocenters. The first-order chi connectivity index (χ1) is 14.1. The summed E-state index contributed by atoms with van der Waals surface area (Å²) in [5, 5.41) is 3.91. The summed E-state index contributed by atoms with van der Waals surface area (Å²) in [6.45, 7) is 2.25. The summed E-state index contributed by atoms with van der Waals surface area (Å²) in [6.07, 6.45) is 4.14. The van der Waals surface area contributed by atoms with Gasteiger partial charge in [-0.2, -0.15) is 5.10 Å². The molecule has 7 nitrogen and oxygen atoms in total. The number of ether oxygens (including phenoxy) is 2.